The number of halogens is 2. The lowest BCUT2D eigenvalue weighted by molar-refractivity contribution is 0.515. The van der Waals surface area contributed by atoms with Crippen molar-refractivity contribution in [3.05, 3.63) is 42.0 Å². The van der Waals surface area contributed by atoms with Crippen LogP contribution in [0.4, 0.5) is 20.2 Å². The highest BCUT2D eigenvalue weighted by Gasteiger charge is 2.13. The van der Waals surface area contributed by atoms with Crippen LogP contribution in [-0.4, -0.2) is 9.97 Å². The Hall–Kier alpha value is -2.63. The summed E-state index contributed by atoms with van der Waals surface area (Å²) in [7, 11) is 0. The molecule has 0 unspecified atom stereocenters. The molecule has 1 aromatic heterocycles. The zero-order chi connectivity index (χ0) is 13.6. The van der Waals surface area contributed by atoms with Gasteiger partial charge in [0.25, 0.3) is 0 Å². The molecular weight excluding hydrogens is 250 g/mol. The number of nitrogens with one attached hydrogen (secondary N) is 1. The van der Waals surface area contributed by atoms with Crippen molar-refractivity contribution in [1.29, 1.82) is 0 Å². The molecule has 2 aromatic carbocycles. The van der Waals surface area contributed by atoms with Crippen molar-refractivity contribution in [3.63, 3.8) is 0 Å². The third-order valence-corrected chi connectivity index (χ3v) is 2.80. The summed E-state index contributed by atoms with van der Waals surface area (Å²) in [5, 5.41) is 0. The Morgan fingerprint density at radius 1 is 1.00 bits per heavy atom. The van der Waals surface area contributed by atoms with Gasteiger partial charge in [-0.1, -0.05) is 0 Å². The van der Waals surface area contributed by atoms with Crippen LogP contribution in [0.15, 0.2) is 30.3 Å². The molecule has 3 aromatic rings. The summed E-state index contributed by atoms with van der Waals surface area (Å²) in [4.78, 5) is 6.95. The lowest BCUT2D eigenvalue weighted by Gasteiger charge is -2.01. The van der Waals surface area contributed by atoms with Crippen LogP contribution >= 0.6 is 0 Å². The second kappa shape index (κ2) is 3.94. The molecule has 1 heterocycles. The van der Waals surface area contributed by atoms with Gasteiger partial charge in [-0.05, 0) is 30.3 Å². The first-order valence-electron chi connectivity index (χ1n) is 5.55. The number of nitrogens with zero attached hydrogens (tertiary/aromatic N) is 1. The minimum absolute atomic E-state index is 0.0454. The minimum Gasteiger partial charge on any atom is -0.399 e. The van der Waals surface area contributed by atoms with E-state index in [2.05, 4.69) is 9.97 Å². The Morgan fingerprint density at radius 2 is 1.68 bits per heavy atom. The Kier molecular flexibility index (Phi) is 2.38. The quantitative estimate of drug-likeness (QED) is 0.588. The largest absolute Gasteiger partial charge is 0.399 e. The third-order valence-electron chi connectivity index (χ3n) is 2.80. The summed E-state index contributed by atoms with van der Waals surface area (Å²) in [5.41, 5.74) is 13.3. The molecule has 0 saturated heterocycles. The van der Waals surface area contributed by atoms with E-state index in [4.69, 9.17) is 11.5 Å². The molecule has 19 heavy (non-hydrogen) atoms. The zero-order valence-corrected chi connectivity index (χ0v) is 9.74. The van der Waals surface area contributed by atoms with Gasteiger partial charge in [-0.25, -0.2) is 13.8 Å². The molecule has 0 atom stereocenters. The maximum Gasteiger partial charge on any atom is 0.186 e. The van der Waals surface area contributed by atoms with Gasteiger partial charge < -0.3 is 16.5 Å². The van der Waals surface area contributed by atoms with Crippen molar-refractivity contribution in [2.45, 2.75) is 0 Å². The lowest BCUT2D eigenvalue weighted by Crippen LogP contribution is -1.92. The van der Waals surface area contributed by atoms with Gasteiger partial charge in [-0.15, -0.1) is 0 Å². The maximum absolute atomic E-state index is 13.6. The van der Waals surface area contributed by atoms with Crippen molar-refractivity contribution in [2.75, 3.05) is 11.5 Å². The summed E-state index contributed by atoms with van der Waals surface area (Å²) in [6, 6.07) is 7.39. The van der Waals surface area contributed by atoms with Crippen LogP contribution in [0.25, 0.3) is 22.4 Å². The van der Waals surface area contributed by atoms with Crippen LogP contribution in [0.3, 0.4) is 0 Å². The van der Waals surface area contributed by atoms with Crippen LogP contribution in [0.2, 0.25) is 0 Å². The molecule has 0 aliphatic carbocycles. The standard InChI is InChI=1S/C13H10F2N4/c14-9-1-2-10-12(11(9)15)19-13(18-10)6-3-7(16)5-8(17)4-6/h1-5H,16-17H2,(H,18,19). The molecule has 0 aliphatic rings. The summed E-state index contributed by atoms with van der Waals surface area (Å²) >= 11 is 0. The van der Waals surface area contributed by atoms with E-state index in [1.165, 1.54) is 6.07 Å². The van der Waals surface area contributed by atoms with Crippen LogP contribution in [-0.2, 0) is 0 Å². The smallest absolute Gasteiger partial charge is 0.186 e. The molecule has 3 rings (SSSR count). The predicted octanol–water partition coefficient (Wildman–Crippen LogP) is 2.67. The van der Waals surface area contributed by atoms with Gasteiger partial charge in [0.1, 0.15) is 11.3 Å². The monoisotopic (exact) mass is 260 g/mol. The van der Waals surface area contributed by atoms with Gasteiger partial charge >= 0.3 is 0 Å². The van der Waals surface area contributed by atoms with Gasteiger partial charge in [0.05, 0.1) is 5.52 Å². The molecule has 0 saturated carbocycles. The maximum atomic E-state index is 13.6. The molecule has 0 radical (unpaired) electrons. The van der Waals surface area contributed by atoms with Gasteiger partial charge in [-0.2, -0.15) is 0 Å². The number of hydrogen-bond acceptors (Lipinski definition) is 3. The zero-order valence-electron chi connectivity index (χ0n) is 9.74. The fourth-order valence-electron chi connectivity index (χ4n) is 1.97. The lowest BCUT2D eigenvalue weighted by atomic mass is 10.1. The summed E-state index contributed by atoms with van der Waals surface area (Å²) in [6.07, 6.45) is 0. The number of benzene rings is 2. The van der Waals surface area contributed by atoms with E-state index in [9.17, 15) is 8.78 Å². The third kappa shape index (κ3) is 1.87. The van der Waals surface area contributed by atoms with E-state index < -0.39 is 11.6 Å². The number of hydrogen-bond donors (Lipinski definition) is 3. The van der Waals surface area contributed by atoms with Gasteiger partial charge in [-0.3, -0.25) is 0 Å². The van der Waals surface area contributed by atoms with E-state index in [-0.39, 0.29) is 5.52 Å². The number of imidazole rings is 1. The second-order valence-corrected chi connectivity index (χ2v) is 4.23. The first-order valence-corrected chi connectivity index (χ1v) is 5.55. The SMILES string of the molecule is Nc1cc(N)cc(-c2nc3c(F)c(F)ccc3[nH]2)c1. The Bertz CT molecular complexity index is 759. The average Bonchev–Trinajstić information content (AvgIpc) is 2.77. The van der Waals surface area contributed by atoms with Gasteiger partial charge in [0.15, 0.2) is 11.6 Å². The fourth-order valence-corrected chi connectivity index (χ4v) is 1.97. The van der Waals surface area contributed by atoms with Crippen LogP contribution in [0.1, 0.15) is 0 Å². The Labute approximate surface area is 107 Å². The van der Waals surface area contributed by atoms with Gasteiger partial charge in [0.2, 0.25) is 0 Å². The first-order chi connectivity index (χ1) is 9.04. The van der Waals surface area contributed by atoms with Crippen molar-refractivity contribution < 1.29 is 8.78 Å². The van der Waals surface area contributed by atoms with Crippen LogP contribution in [0.5, 0.6) is 0 Å². The summed E-state index contributed by atoms with van der Waals surface area (Å²) < 4.78 is 26.7. The minimum atomic E-state index is -0.975. The van der Waals surface area contributed by atoms with Crippen molar-refractivity contribution >= 4 is 22.4 Å². The summed E-state index contributed by atoms with van der Waals surface area (Å²) in [6.45, 7) is 0. The highest BCUT2D eigenvalue weighted by atomic mass is 19.2. The first kappa shape index (κ1) is 11.5. The highest BCUT2D eigenvalue weighted by molar-refractivity contribution is 5.81. The van der Waals surface area contributed by atoms with Crippen molar-refractivity contribution in [3.8, 4) is 11.4 Å². The molecule has 4 nitrogen and oxygen atoms in total. The number of fused-ring (bicyclic) bond motifs is 1. The molecule has 0 spiro atoms. The van der Waals surface area contributed by atoms with Crippen molar-refractivity contribution in [1.82, 2.24) is 9.97 Å². The van der Waals surface area contributed by atoms with E-state index in [0.29, 0.717) is 28.3 Å². The molecule has 0 fully saturated rings. The number of aromatic amines is 1. The number of aromatic nitrogens is 2. The number of rotatable bonds is 1. The summed E-state index contributed by atoms with van der Waals surface area (Å²) in [5.74, 6) is -1.52. The Balaban J connectivity index is 2.23. The molecule has 0 aliphatic heterocycles. The topological polar surface area (TPSA) is 80.7 Å². The average molecular weight is 260 g/mol. The van der Waals surface area contributed by atoms with E-state index in [1.807, 2.05) is 0 Å². The van der Waals surface area contributed by atoms with Crippen LogP contribution < -0.4 is 11.5 Å². The highest BCUT2D eigenvalue weighted by Crippen LogP contribution is 2.26. The molecular formula is C13H10F2N4. The van der Waals surface area contributed by atoms with E-state index in [1.54, 1.807) is 18.2 Å². The molecule has 5 N–H and O–H groups in total. The number of H-pyrrole nitrogens is 1. The predicted molar refractivity (Wildman–Crippen MR) is 70.3 cm³/mol. The van der Waals surface area contributed by atoms with Crippen molar-refractivity contribution in [2.24, 2.45) is 0 Å². The molecule has 0 bridgehead atoms. The molecule has 0 amide bonds. The Morgan fingerprint density at radius 3 is 2.37 bits per heavy atom. The molecule has 96 valence electrons. The van der Waals surface area contributed by atoms with E-state index in [0.717, 1.165) is 6.07 Å². The molecule has 6 heteroatoms. The number of nitrogens with two attached hydrogens (primary N) is 2. The fraction of sp³-hybridized carbons (Fsp3) is 0. The van der Waals surface area contributed by atoms with Gasteiger partial charge in [0, 0.05) is 16.9 Å². The second-order valence-electron chi connectivity index (χ2n) is 4.23. The van der Waals surface area contributed by atoms with E-state index >= 15 is 0 Å². The normalized spacial score (nSPS) is 11.1. The number of anilines is 2. The van der Waals surface area contributed by atoms with Crippen LogP contribution in [0, 0.1) is 11.6 Å². The number of nitrogen functional groups attached to an aromatic ring is 2.